The van der Waals surface area contributed by atoms with Crippen molar-refractivity contribution in [3.63, 3.8) is 0 Å². The molecule has 0 aromatic heterocycles. The fourth-order valence-electron chi connectivity index (χ4n) is 2.95. The van der Waals surface area contributed by atoms with Crippen molar-refractivity contribution < 1.29 is 19.5 Å². The third-order valence-electron chi connectivity index (χ3n) is 4.34. The molecule has 3 aromatic rings. The van der Waals surface area contributed by atoms with Crippen LogP contribution in [0.25, 0.3) is 0 Å². The number of amides is 2. The monoisotopic (exact) mass is 376 g/mol. The average molecular weight is 376 g/mol. The highest BCUT2D eigenvalue weighted by molar-refractivity contribution is 6.04. The van der Waals surface area contributed by atoms with Crippen LogP contribution in [0.5, 0.6) is 5.75 Å². The molecular formula is C22H20N2O4. The largest absolute Gasteiger partial charge is 0.497 e. The highest BCUT2D eigenvalue weighted by Gasteiger charge is 2.22. The number of nitrogens with one attached hydrogen (secondary N) is 2. The number of methoxy groups -OCH3 is 1. The molecule has 0 radical (unpaired) electrons. The van der Waals surface area contributed by atoms with Crippen molar-refractivity contribution in [1.82, 2.24) is 5.48 Å². The molecule has 0 aliphatic heterocycles. The number of hydroxylamine groups is 1. The van der Waals surface area contributed by atoms with Crippen LogP contribution in [-0.2, 0) is 4.79 Å². The second kappa shape index (κ2) is 8.83. The molecule has 142 valence electrons. The van der Waals surface area contributed by atoms with Gasteiger partial charge in [-0.3, -0.25) is 14.8 Å². The Hall–Kier alpha value is -3.64. The van der Waals surface area contributed by atoms with Crippen LogP contribution in [0.15, 0.2) is 78.9 Å². The van der Waals surface area contributed by atoms with Gasteiger partial charge in [-0.15, -0.1) is 0 Å². The van der Waals surface area contributed by atoms with Gasteiger partial charge >= 0.3 is 0 Å². The van der Waals surface area contributed by atoms with E-state index in [1.54, 1.807) is 61.1 Å². The SMILES string of the molecule is COc1ccc(C(=O)Nc2cccc(C(C(=O)NO)c3ccccc3)c2)cc1. The number of carbonyl (C=O) groups is 2. The number of rotatable bonds is 6. The van der Waals surface area contributed by atoms with E-state index in [-0.39, 0.29) is 5.91 Å². The van der Waals surface area contributed by atoms with E-state index in [1.165, 1.54) is 0 Å². The van der Waals surface area contributed by atoms with Gasteiger partial charge in [-0.1, -0.05) is 42.5 Å². The predicted octanol–water partition coefficient (Wildman–Crippen LogP) is 3.58. The number of hydrogen-bond donors (Lipinski definition) is 3. The summed E-state index contributed by atoms with van der Waals surface area (Å²) in [5.41, 5.74) is 4.13. The molecule has 6 heteroatoms. The van der Waals surface area contributed by atoms with Gasteiger partial charge in [-0.05, 0) is 47.5 Å². The summed E-state index contributed by atoms with van der Waals surface area (Å²) < 4.78 is 5.09. The zero-order valence-electron chi connectivity index (χ0n) is 15.3. The Kier molecular flexibility index (Phi) is 6.04. The molecule has 0 aliphatic carbocycles. The molecule has 0 aliphatic rings. The van der Waals surface area contributed by atoms with Gasteiger partial charge in [-0.2, -0.15) is 0 Å². The fourth-order valence-corrected chi connectivity index (χ4v) is 2.95. The summed E-state index contributed by atoms with van der Waals surface area (Å²) in [6.45, 7) is 0. The maximum absolute atomic E-state index is 12.5. The van der Waals surface area contributed by atoms with E-state index in [9.17, 15) is 9.59 Å². The molecule has 3 aromatic carbocycles. The normalized spacial score (nSPS) is 11.4. The van der Waals surface area contributed by atoms with Crippen LogP contribution < -0.4 is 15.5 Å². The molecule has 1 unspecified atom stereocenters. The van der Waals surface area contributed by atoms with Gasteiger partial charge in [0.25, 0.3) is 11.8 Å². The van der Waals surface area contributed by atoms with E-state index in [1.807, 2.05) is 30.3 Å². The Morgan fingerprint density at radius 2 is 1.57 bits per heavy atom. The lowest BCUT2D eigenvalue weighted by atomic mass is 9.90. The molecule has 0 saturated carbocycles. The quantitative estimate of drug-likeness (QED) is 0.453. The molecule has 0 bridgehead atoms. The van der Waals surface area contributed by atoms with E-state index >= 15 is 0 Å². The highest BCUT2D eigenvalue weighted by atomic mass is 16.5. The van der Waals surface area contributed by atoms with Gasteiger partial charge in [0, 0.05) is 11.3 Å². The molecular weight excluding hydrogens is 356 g/mol. The fraction of sp³-hybridized carbons (Fsp3) is 0.0909. The number of carbonyl (C=O) groups excluding carboxylic acids is 2. The number of anilines is 1. The Balaban J connectivity index is 1.85. The third-order valence-corrected chi connectivity index (χ3v) is 4.34. The van der Waals surface area contributed by atoms with Crippen molar-refractivity contribution in [3.8, 4) is 5.75 Å². The van der Waals surface area contributed by atoms with Gasteiger partial charge in [0.05, 0.1) is 13.0 Å². The molecule has 0 heterocycles. The first-order chi connectivity index (χ1) is 13.6. The molecule has 28 heavy (non-hydrogen) atoms. The van der Waals surface area contributed by atoms with Crippen LogP contribution in [0.1, 0.15) is 27.4 Å². The van der Waals surface area contributed by atoms with E-state index in [4.69, 9.17) is 9.94 Å². The summed E-state index contributed by atoms with van der Waals surface area (Å²) in [5, 5.41) is 12.0. The Bertz CT molecular complexity index is 956. The second-order valence-corrected chi connectivity index (χ2v) is 6.13. The third kappa shape index (κ3) is 4.36. The smallest absolute Gasteiger partial charge is 0.255 e. The molecule has 0 spiro atoms. The lowest BCUT2D eigenvalue weighted by Gasteiger charge is -2.17. The van der Waals surface area contributed by atoms with Gasteiger partial charge < -0.3 is 10.1 Å². The maximum Gasteiger partial charge on any atom is 0.255 e. The van der Waals surface area contributed by atoms with E-state index in [0.717, 1.165) is 5.56 Å². The Labute approximate surface area is 162 Å². The highest BCUT2D eigenvalue weighted by Crippen LogP contribution is 2.27. The Morgan fingerprint density at radius 1 is 0.893 bits per heavy atom. The minimum absolute atomic E-state index is 0.275. The van der Waals surface area contributed by atoms with Gasteiger partial charge in [-0.25, -0.2) is 5.48 Å². The molecule has 0 saturated heterocycles. The topological polar surface area (TPSA) is 87.7 Å². The first-order valence-corrected chi connectivity index (χ1v) is 8.66. The van der Waals surface area contributed by atoms with Crippen LogP contribution in [0.3, 0.4) is 0 Å². The number of benzene rings is 3. The predicted molar refractivity (Wildman–Crippen MR) is 106 cm³/mol. The minimum atomic E-state index is -0.705. The average Bonchev–Trinajstić information content (AvgIpc) is 2.75. The number of ether oxygens (including phenoxy) is 1. The first kappa shape index (κ1) is 19.1. The van der Waals surface area contributed by atoms with Crippen LogP contribution in [-0.4, -0.2) is 24.1 Å². The molecule has 3 rings (SSSR count). The van der Waals surface area contributed by atoms with Gasteiger partial charge in [0.1, 0.15) is 5.75 Å². The Morgan fingerprint density at radius 3 is 2.21 bits per heavy atom. The summed E-state index contributed by atoms with van der Waals surface area (Å²) in [7, 11) is 1.56. The summed E-state index contributed by atoms with van der Waals surface area (Å²) in [6, 6.07) is 22.9. The van der Waals surface area contributed by atoms with Crippen molar-refractivity contribution >= 4 is 17.5 Å². The van der Waals surface area contributed by atoms with Crippen molar-refractivity contribution in [1.29, 1.82) is 0 Å². The molecule has 3 N–H and O–H groups in total. The van der Waals surface area contributed by atoms with E-state index in [2.05, 4.69) is 5.32 Å². The lowest BCUT2D eigenvalue weighted by Crippen LogP contribution is -2.27. The van der Waals surface area contributed by atoms with Crippen molar-refractivity contribution in [2.75, 3.05) is 12.4 Å². The zero-order chi connectivity index (χ0) is 19.9. The van der Waals surface area contributed by atoms with E-state index in [0.29, 0.717) is 22.6 Å². The van der Waals surface area contributed by atoms with Crippen LogP contribution in [0.4, 0.5) is 5.69 Å². The molecule has 2 amide bonds. The summed E-state index contributed by atoms with van der Waals surface area (Å²) in [6.07, 6.45) is 0. The van der Waals surface area contributed by atoms with Gasteiger partial charge in [0.2, 0.25) is 0 Å². The summed E-state index contributed by atoms with van der Waals surface area (Å²) in [4.78, 5) is 24.8. The van der Waals surface area contributed by atoms with E-state index < -0.39 is 11.8 Å². The zero-order valence-corrected chi connectivity index (χ0v) is 15.3. The summed E-state index contributed by atoms with van der Waals surface area (Å²) in [5.74, 6) is -0.865. The van der Waals surface area contributed by atoms with Crippen LogP contribution >= 0.6 is 0 Å². The molecule has 1 atom stereocenters. The van der Waals surface area contributed by atoms with Crippen molar-refractivity contribution in [2.45, 2.75) is 5.92 Å². The number of hydrogen-bond acceptors (Lipinski definition) is 4. The van der Waals surface area contributed by atoms with Crippen molar-refractivity contribution in [3.05, 3.63) is 95.6 Å². The van der Waals surface area contributed by atoms with Crippen molar-refractivity contribution in [2.24, 2.45) is 0 Å². The van der Waals surface area contributed by atoms with Gasteiger partial charge in [0.15, 0.2) is 0 Å². The second-order valence-electron chi connectivity index (χ2n) is 6.13. The minimum Gasteiger partial charge on any atom is -0.497 e. The molecule has 6 nitrogen and oxygen atoms in total. The maximum atomic E-state index is 12.5. The standard InChI is InChI=1S/C22H20N2O4/c1-28-19-12-10-16(11-13-19)21(25)23-18-9-5-8-17(14-18)20(22(26)24-27)15-6-3-2-4-7-15/h2-14,20,27H,1H3,(H,23,25)(H,24,26). The molecule has 0 fully saturated rings. The lowest BCUT2D eigenvalue weighted by molar-refractivity contribution is -0.129. The first-order valence-electron chi connectivity index (χ1n) is 8.66. The van der Waals surface area contributed by atoms with Crippen LogP contribution in [0, 0.1) is 0 Å². The summed E-state index contributed by atoms with van der Waals surface area (Å²) >= 11 is 0. The van der Waals surface area contributed by atoms with Crippen LogP contribution in [0.2, 0.25) is 0 Å².